The zero-order valence-electron chi connectivity index (χ0n) is 11.9. The Morgan fingerprint density at radius 1 is 1.10 bits per heavy atom. The topological polar surface area (TPSA) is 84.5 Å². The Balaban J connectivity index is 2.23. The normalized spacial score (nSPS) is 12.2. The number of nitrogens with zero attached hydrogens (tertiary/aromatic N) is 1. The van der Waals surface area contributed by atoms with Crippen LogP contribution in [-0.2, 0) is 10.0 Å². The predicted molar refractivity (Wildman–Crippen MR) is 84.6 cm³/mol. The van der Waals surface area contributed by atoms with Crippen LogP contribution in [0.15, 0.2) is 58.5 Å². The minimum Gasteiger partial charge on any atom is -0.398 e. The molecule has 0 aliphatic rings. The lowest BCUT2D eigenvalue weighted by Gasteiger charge is -2.07. The molecule has 0 heterocycles. The van der Waals surface area contributed by atoms with E-state index in [1.165, 1.54) is 0 Å². The summed E-state index contributed by atoms with van der Waals surface area (Å²) in [6.07, 6.45) is 0. The van der Waals surface area contributed by atoms with Crippen LogP contribution in [0.5, 0.6) is 0 Å². The molecule has 0 bridgehead atoms. The number of anilines is 1. The summed E-state index contributed by atoms with van der Waals surface area (Å²) in [5.41, 5.74) is 8.57. The Hall–Kier alpha value is -2.34. The van der Waals surface area contributed by atoms with Gasteiger partial charge in [0.2, 0.25) is 0 Å². The largest absolute Gasteiger partial charge is 0.398 e. The first-order valence-electron chi connectivity index (χ1n) is 6.38. The van der Waals surface area contributed by atoms with Crippen molar-refractivity contribution in [3.63, 3.8) is 0 Å². The van der Waals surface area contributed by atoms with Gasteiger partial charge < -0.3 is 5.73 Å². The number of aryl methyl sites for hydroxylation is 1. The highest BCUT2D eigenvalue weighted by atomic mass is 32.2. The summed E-state index contributed by atoms with van der Waals surface area (Å²) in [4.78, 5) is 2.40. The highest BCUT2D eigenvalue weighted by molar-refractivity contribution is 7.89. The van der Waals surface area contributed by atoms with Gasteiger partial charge in [-0.2, -0.15) is 18.4 Å². The van der Waals surface area contributed by atoms with Crippen molar-refractivity contribution in [1.82, 2.24) is 4.83 Å². The number of benzene rings is 2. The van der Waals surface area contributed by atoms with Crippen LogP contribution in [0.2, 0.25) is 0 Å². The molecule has 0 saturated carbocycles. The first kappa shape index (κ1) is 15.1. The van der Waals surface area contributed by atoms with Crippen LogP contribution in [0.25, 0.3) is 0 Å². The highest BCUT2D eigenvalue weighted by Gasteiger charge is 2.12. The molecule has 0 amide bonds. The smallest absolute Gasteiger partial charge is 0.276 e. The third-order valence-electron chi connectivity index (χ3n) is 3.02. The molecule has 0 atom stereocenters. The summed E-state index contributed by atoms with van der Waals surface area (Å²) in [6, 6.07) is 13.7. The van der Waals surface area contributed by atoms with Crippen LogP contribution in [0.1, 0.15) is 18.1 Å². The minimum atomic E-state index is -3.67. The second-order valence-electron chi connectivity index (χ2n) is 4.69. The van der Waals surface area contributed by atoms with Crippen molar-refractivity contribution in [2.75, 3.05) is 5.73 Å². The fourth-order valence-electron chi connectivity index (χ4n) is 1.79. The second kappa shape index (κ2) is 5.97. The average molecular weight is 303 g/mol. The summed E-state index contributed by atoms with van der Waals surface area (Å²) in [6.45, 7) is 3.59. The molecule has 0 radical (unpaired) electrons. The van der Waals surface area contributed by atoms with Gasteiger partial charge in [-0.1, -0.05) is 35.9 Å². The van der Waals surface area contributed by atoms with E-state index in [0.717, 1.165) is 5.56 Å². The van der Waals surface area contributed by atoms with E-state index in [0.29, 0.717) is 17.0 Å². The van der Waals surface area contributed by atoms with E-state index in [4.69, 9.17) is 5.73 Å². The number of hydrogen-bond donors (Lipinski definition) is 2. The molecule has 2 aromatic rings. The Morgan fingerprint density at radius 3 is 2.33 bits per heavy atom. The summed E-state index contributed by atoms with van der Waals surface area (Å²) in [5.74, 6) is 0. The lowest BCUT2D eigenvalue weighted by atomic mass is 10.1. The van der Waals surface area contributed by atoms with Crippen molar-refractivity contribution in [3.8, 4) is 0 Å². The van der Waals surface area contributed by atoms with Crippen molar-refractivity contribution in [3.05, 3.63) is 59.7 Å². The number of nitrogens with two attached hydrogens (primary N) is 1. The SMILES string of the molecule is CC(=NNS(=O)(=O)c1ccc(C)cc1)c1ccccc1N. The molecule has 6 heteroatoms. The van der Waals surface area contributed by atoms with Gasteiger partial charge in [0.25, 0.3) is 10.0 Å². The number of rotatable bonds is 4. The first-order valence-corrected chi connectivity index (χ1v) is 7.86. The third-order valence-corrected chi connectivity index (χ3v) is 4.24. The van der Waals surface area contributed by atoms with Gasteiger partial charge >= 0.3 is 0 Å². The van der Waals surface area contributed by atoms with Gasteiger partial charge in [0.05, 0.1) is 10.6 Å². The van der Waals surface area contributed by atoms with Gasteiger partial charge in [0.1, 0.15) is 0 Å². The maximum Gasteiger partial charge on any atom is 0.276 e. The van der Waals surface area contributed by atoms with E-state index in [1.807, 2.05) is 19.1 Å². The number of hydrazone groups is 1. The van der Waals surface area contributed by atoms with Crippen LogP contribution in [0.4, 0.5) is 5.69 Å². The lowest BCUT2D eigenvalue weighted by Crippen LogP contribution is -2.20. The van der Waals surface area contributed by atoms with Crippen LogP contribution in [0.3, 0.4) is 0 Å². The molecule has 5 nitrogen and oxygen atoms in total. The van der Waals surface area contributed by atoms with Crippen LogP contribution in [-0.4, -0.2) is 14.1 Å². The molecular weight excluding hydrogens is 286 g/mol. The second-order valence-corrected chi connectivity index (χ2v) is 6.35. The number of sulfonamides is 1. The molecule has 3 N–H and O–H groups in total. The highest BCUT2D eigenvalue weighted by Crippen LogP contribution is 2.13. The van der Waals surface area contributed by atoms with E-state index < -0.39 is 10.0 Å². The van der Waals surface area contributed by atoms with E-state index in [9.17, 15) is 8.42 Å². The fourth-order valence-corrected chi connectivity index (χ4v) is 2.64. The Kier molecular flexibility index (Phi) is 4.28. The molecule has 0 saturated heterocycles. The molecule has 2 rings (SSSR count). The molecule has 2 aromatic carbocycles. The van der Waals surface area contributed by atoms with Crippen LogP contribution in [0, 0.1) is 6.92 Å². The third kappa shape index (κ3) is 3.61. The predicted octanol–water partition coefficient (Wildman–Crippen LogP) is 2.28. The number of nitrogens with one attached hydrogen (secondary N) is 1. The van der Waals surface area contributed by atoms with E-state index >= 15 is 0 Å². The fraction of sp³-hybridized carbons (Fsp3) is 0.133. The Morgan fingerprint density at radius 2 is 1.71 bits per heavy atom. The summed E-state index contributed by atoms with van der Waals surface area (Å²) >= 11 is 0. The van der Waals surface area contributed by atoms with Gasteiger partial charge in [-0.05, 0) is 32.0 Å². The molecule has 110 valence electrons. The molecule has 0 aliphatic carbocycles. The standard InChI is InChI=1S/C15H17N3O2S/c1-11-7-9-13(10-8-11)21(19,20)18-17-12(2)14-5-3-4-6-15(14)16/h3-10,18H,16H2,1-2H3. The summed E-state index contributed by atoms with van der Waals surface area (Å²) in [5, 5.41) is 3.92. The monoisotopic (exact) mass is 303 g/mol. The maximum absolute atomic E-state index is 12.1. The van der Waals surface area contributed by atoms with Gasteiger partial charge in [-0.25, -0.2) is 0 Å². The van der Waals surface area contributed by atoms with Crippen molar-refractivity contribution in [2.45, 2.75) is 18.7 Å². The molecule has 0 spiro atoms. The van der Waals surface area contributed by atoms with Crippen molar-refractivity contribution < 1.29 is 8.42 Å². The average Bonchev–Trinajstić information content (AvgIpc) is 2.46. The number of para-hydroxylation sites is 1. The molecule has 21 heavy (non-hydrogen) atoms. The van der Waals surface area contributed by atoms with Gasteiger partial charge in [-0.3, -0.25) is 0 Å². The quantitative estimate of drug-likeness (QED) is 0.516. The maximum atomic E-state index is 12.1. The van der Waals surface area contributed by atoms with E-state index in [1.54, 1.807) is 43.3 Å². The minimum absolute atomic E-state index is 0.172. The molecular formula is C15H17N3O2S. The number of nitrogen functional groups attached to an aromatic ring is 1. The van der Waals surface area contributed by atoms with Gasteiger partial charge in [0.15, 0.2) is 0 Å². The van der Waals surface area contributed by atoms with E-state index in [2.05, 4.69) is 9.93 Å². The molecule has 0 fully saturated rings. The zero-order valence-corrected chi connectivity index (χ0v) is 12.7. The molecule has 0 unspecified atom stereocenters. The molecule has 0 aromatic heterocycles. The first-order chi connectivity index (χ1) is 9.90. The Bertz CT molecular complexity index is 766. The van der Waals surface area contributed by atoms with Crippen molar-refractivity contribution in [2.24, 2.45) is 5.10 Å². The number of hydrogen-bond acceptors (Lipinski definition) is 4. The van der Waals surface area contributed by atoms with E-state index in [-0.39, 0.29) is 4.90 Å². The van der Waals surface area contributed by atoms with Crippen LogP contribution < -0.4 is 10.6 Å². The Labute approximate surface area is 124 Å². The van der Waals surface area contributed by atoms with Gasteiger partial charge in [-0.15, -0.1) is 0 Å². The molecule has 0 aliphatic heterocycles. The van der Waals surface area contributed by atoms with Crippen molar-refractivity contribution >= 4 is 21.4 Å². The zero-order chi connectivity index (χ0) is 15.5. The lowest BCUT2D eigenvalue weighted by molar-refractivity contribution is 0.584. The van der Waals surface area contributed by atoms with Gasteiger partial charge in [0, 0.05) is 11.3 Å². The van der Waals surface area contributed by atoms with Crippen LogP contribution >= 0.6 is 0 Å². The summed E-state index contributed by atoms with van der Waals surface area (Å²) < 4.78 is 24.2. The van der Waals surface area contributed by atoms with Crippen molar-refractivity contribution in [1.29, 1.82) is 0 Å². The summed E-state index contributed by atoms with van der Waals surface area (Å²) in [7, 11) is -3.67.